The number of benzene rings is 2. The maximum absolute atomic E-state index is 13.0. The summed E-state index contributed by atoms with van der Waals surface area (Å²) in [5, 5.41) is 7.47. The van der Waals surface area contributed by atoms with E-state index in [2.05, 4.69) is 10.4 Å². The molecule has 1 aliphatic heterocycles. The number of amides is 1. The molecule has 3 aromatic rings. The first kappa shape index (κ1) is 24.0. The van der Waals surface area contributed by atoms with Crippen molar-refractivity contribution >= 4 is 15.9 Å². The molecule has 1 fully saturated rings. The number of nitrogens with one attached hydrogen (secondary N) is 1. The lowest BCUT2D eigenvalue weighted by atomic mass is 9.97. The summed E-state index contributed by atoms with van der Waals surface area (Å²) in [5.74, 6) is 0.494. The Morgan fingerprint density at radius 2 is 1.76 bits per heavy atom. The zero-order chi connectivity index (χ0) is 24.3. The Morgan fingerprint density at radius 3 is 2.41 bits per heavy atom. The van der Waals surface area contributed by atoms with E-state index in [0.717, 1.165) is 28.3 Å². The van der Waals surface area contributed by atoms with Gasteiger partial charge in [0.1, 0.15) is 5.75 Å². The van der Waals surface area contributed by atoms with Crippen LogP contribution in [0.3, 0.4) is 0 Å². The van der Waals surface area contributed by atoms with E-state index >= 15 is 0 Å². The maximum atomic E-state index is 13.0. The van der Waals surface area contributed by atoms with Crippen molar-refractivity contribution in [1.82, 2.24) is 19.4 Å². The first-order valence-corrected chi connectivity index (χ1v) is 12.8. The molecule has 1 aromatic heterocycles. The first-order chi connectivity index (χ1) is 16.3. The summed E-state index contributed by atoms with van der Waals surface area (Å²) in [7, 11) is -1.93. The molecule has 0 saturated carbocycles. The lowest BCUT2D eigenvalue weighted by molar-refractivity contribution is -0.126. The number of carbonyl (C=O) groups is 1. The number of aryl methyl sites for hydroxylation is 2. The van der Waals surface area contributed by atoms with Crippen LogP contribution in [0.4, 0.5) is 0 Å². The maximum Gasteiger partial charge on any atom is 0.243 e. The highest BCUT2D eigenvalue weighted by molar-refractivity contribution is 7.89. The van der Waals surface area contributed by atoms with Gasteiger partial charge in [0, 0.05) is 25.2 Å². The molecule has 4 rings (SSSR count). The van der Waals surface area contributed by atoms with Gasteiger partial charge in [-0.2, -0.15) is 9.40 Å². The molecular formula is C25H30N4O4S. The fraction of sp³-hybridized carbons (Fsp3) is 0.360. The summed E-state index contributed by atoms with van der Waals surface area (Å²) >= 11 is 0. The van der Waals surface area contributed by atoms with Crippen LogP contribution >= 0.6 is 0 Å². The van der Waals surface area contributed by atoms with Gasteiger partial charge in [-0.3, -0.25) is 4.79 Å². The standard InChI is InChI=1S/C25H30N4O4S/c1-18-4-9-24(16-19(18)2)34(31,32)28-13-10-20(11-14-28)25(30)26-17-21-12-15-29(27-21)22-5-7-23(33-3)8-6-22/h4-9,12,15-16,20H,10-11,13-14,17H2,1-3H3,(H,26,30). The van der Waals surface area contributed by atoms with Gasteiger partial charge in [0.15, 0.2) is 0 Å². The number of nitrogens with zero attached hydrogens (tertiary/aromatic N) is 3. The van der Waals surface area contributed by atoms with Crippen LogP contribution in [0, 0.1) is 19.8 Å². The third-order valence-corrected chi connectivity index (χ3v) is 8.26. The molecule has 0 atom stereocenters. The van der Waals surface area contributed by atoms with E-state index in [4.69, 9.17) is 4.74 Å². The number of aromatic nitrogens is 2. The number of hydrogen-bond acceptors (Lipinski definition) is 5. The van der Waals surface area contributed by atoms with Gasteiger partial charge in [-0.25, -0.2) is 13.1 Å². The minimum Gasteiger partial charge on any atom is -0.497 e. The Hall–Kier alpha value is -3.17. The third kappa shape index (κ3) is 5.15. The zero-order valence-corrected chi connectivity index (χ0v) is 20.5. The number of rotatable bonds is 7. The van der Waals surface area contributed by atoms with Crippen LogP contribution in [0.25, 0.3) is 5.69 Å². The predicted molar refractivity (Wildman–Crippen MR) is 129 cm³/mol. The predicted octanol–water partition coefficient (Wildman–Crippen LogP) is 3.21. The van der Waals surface area contributed by atoms with Crippen LogP contribution in [-0.2, 0) is 21.4 Å². The van der Waals surface area contributed by atoms with E-state index in [9.17, 15) is 13.2 Å². The van der Waals surface area contributed by atoms with Crippen molar-refractivity contribution in [3.63, 3.8) is 0 Å². The molecule has 1 amide bonds. The highest BCUT2D eigenvalue weighted by atomic mass is 32.2. The quantitative estimate of drug-likeness (QED) is 0.558. The summed E-state index contributed by atoms with van der Waals surface area (Å²) in [6.45, 7) is 4.85. The fourth-order valence-corrected chi connectivity index (χ4v) is 5.59. The number of ether oxygens (including phenoxy) is 1. The number of piperidine rings is 1. The van der Waals surface area contributed by atoms with Gasteiger partial charge >= 0.3 is 0 Å². The molecule has 0 spiro atoms. The second-order valence-electron chi connectivity index (χ2n) is 8.59. The summed E-state index contributed by atoms with van der Waals surface area (Å²) < 4.78 is 34.4. The SMILES string of the molecule is COc1ccc(-n2ccc(CNC(=O)C3CCN(S(=O)(=O)c4ccc(C)c(C)c4)CC3)n2)cc1. The van der Waals surface area contributed by atoms with Gasteiger partial charge < -0.3 is 10.1 Å². The Bertz CT molecular complexity index is 1260. The molecule has 0 unspecified atom stereocenters. The summed E-state index contributed by atoms with van der Waals surface area (Å²) in [4.78, 5) is 13.0. The molecule has 1 N–H and O–H groups in total. The molecule has 0 bridgehead atoms. The van der Waals surface area contributed by atoms with E-state index in [1.807, 2.05) is 56.4 Å². The Kier molecular flexibility index (Phi) is 7.04. The third-order valence-electron chi connectivity index (χ3n) is 6.37. The smallest absolute Gasteiger partial charge is 0.243 e. The van der Waals surface area contributed by atoms with Crippen molar-refractivity contribution in [3.8, 4) is 11.4 Å². The number of methoxy groups -OCH3 is 1. The average Bonchev–Trinajstić information content (AvgIpc) is 3.33. The molecule has 0 radical (unpaired) electrons. The Labute approximate surface area is 200 Å². The van der Waals surface area contributed by atoms with E-state index in [0.29, 0.717) is 37.4 Å². The molecular weight excluding hydrogens is 452 g/mol. The van der Waals surface area contributed by atoms with Crippen LogP contribution in [0.5, 0.6) is 5.75 Å². The molecule has 34 heavy (non-hydrogen) atoms. The van der Waals surface area contributed by atoms with Crippen LogP contribution in [0.1, 0.15) is 29.7 Å². The second-order valence-corrected chi connectivity index (χ2v) is 10.5. The minimum atomic E-state index is -3.55. The number of sulfonamides is 1. The van der Waals surface area contributed by atoms with E-state index < -0.39 is 10.0 Å². The zero-order valence-electron chi connectivity index (χ0n) is 19.7. The van der Waals surface area contributed by atoms with Crippen molar-refractivity contribution in [2.75, 3.05) is 20.2 Å². The van der Waals surface area contributed by atoms with Gasteiger partial charge in [-0.15, -0.1) is 0 Å². The van der Waals surface area contributed by atoms with Crippen LogP contribution in [0.2, 0.25) is 0 Å². The topological polar surface area (TPSA) is 93.5 Å². The average molecular weight is 483 g/mol. The fourth-order valence-electron chi connectivity index (χ4n) is 4.04. The van der Waals surface area contributed by atoms with Crippen molar-refractivity contribution in [3.05, 3.63) is 71.5 Å². The second kappa shape index (κ2) is 9.99. The first-order valence-electron chi connectivity index (χ1n) is 11.3. The Balaban J connectivity index is 1.30. The monoisotopic (exact) mass is 482 g/mol. The minimum absolute atomic E-state index is 0.0674. The molecule has 2 aromatic carbocycles. The molecule has 8 nitrogen and oxygen atoms in total. The van der Waals surface area contributed by atoms with Gasteiger partial charge in [0.25, 0.3) is 0 Å². The Morgan fingerprint density at radius 1 is 1.06 bits per heavy atom. The van der Waals surface area contributed by atoms with Crippen LogP contribution < -0.4 is 10.1 Å². The molecule has 180 valence electrons. The molecule has 9 heteroatoms. The number of carbonyl (C=O) groups excluding carboxylic acids is 1. The van der Waals surface area contributed by atoms with E-state index in [1.54, 1.807) is 23.9 Å². The van der Waals surface area contributed by atoms with Crippen molar-refractivity contribution in [1.29, 1.82) is 0 Å². The van der Waals surface area contributed by atoms with Crippen LogP contribution in [0.15, 0.2) is 59.6 Å². The summed E-state index contributed by atoms with van der Waals surface area (Å²) in [5.41, 5.74) is 3.66. The van der Waals surface area contributed by atoms with Crippen LogP contribution in [-0.4, -0.2) is 48.6 Å². The van der Waals surface area contributed by atoms with E-state index in [-0.39, 0.29) is 11.8 Å². The lowest BCUT2D eigenvalue weighted by Crippen LogP contribution is -2.42. The van der Waals surface area contributed by atoms with E-state index in [1.165, 1.54) is 4.31 Å². The highest BCUT2D eigenvalue weighted by Crippen LogP contribution is 2.25. The van der Waals surface area contributed by atoms with Gasteiger partial charge in [0.05, 0.1) is 29.9 Å². The molecule has 1 aliphatic rings. The van der Waals surface area contributed by atoms with Gasteiger partial charge in [0.2, 0.25) is 15.9 Å². The van der Waals surface area contributed by atoms with Crippen molar-refractivity contribution < 1.29 is 17.9 Å². The normalized spacial score (nSPS) is 15.3. The molecule has 1 saturated heterocycles. The largest absolute Gasteiger partial charge is 0.497 e. The molecule has 2 heterocycles. The summed E-state index contributed by atoms with van der Waals surface area (Å²) in [6, 6.07) is 14.6. The molecule has 0 aliphatic carbocycles. The van der Waals surface area contributed by atoms with Crippen molar-refractivity contribution in [2.45, 2.75) is 38.1 Å². The van der Waals surface area contributed by atoms with Gasteiger partial charge in [-0.1, -0.05) is 6.07 Å². The number of hydrogen-bond donors (Lipinski definition) is 1. The van der Waals surface area contributed by atoms with Crippen molar-refractivity contribution in [2.24, 2.45) is 5.92 Å². The lowest BCUT2D eigenvalue weighted by Gasteiger charge is -2.30. The highest BCUT2D eigenvalue weighted by Gasteiger charge is 2.32. The van der Waals surface area contributed by atoms with Gasteiger partial charge in [-0.05, 0) is 80.3 Å². The summed E-state index contributed by atoms with van der Waals surface area (Å²) in [6.07, 6.45) is 2.84.